The number of amides is 3. The van der Waals surface area contributed by atoms with Crippen LogP contribution in [0.1, 0.15) is 55.5 Å². The third kappa shape index (κ3) is 6.43. The Balaban J connectivity index is 1.70. The summed E-state index contributed by atoms with van der Waals surface area (Å²) in [7, 11) is 0. The van der Waals surface area contributed by atoms with E-state index in [0.29, 0.717) is 24.3 Å². The molecule has 2 aromatic carbocycles. The standard InChI is InChI=1S/C27H31Cl2N3O5/c1-3-27(4-2,26(37)32-14-5-6-15-32)25(36)31-21(24(34)35)16-17-10-12-18(13-11-17)30-23(33)22-19(28)8-7-9-20(22)29/h7-13,21H,3-6,14-16H2,1-2H3,(H,30,33)(H,31,36)(H,34,35)/t21-/m0/s1. The van der Waals surface area contributed by atoms with Gasteiger partial charge in [-0.15, -0.1) is 0 Å². The predicted molar refractivity (Wildman–Crippen MR) is 143 cm³/mol. The highest BCUT2D eigenvalue weighted by atomic mass is 35.5. The Morgan fingerprint density at radius 2 is 1.54 bits per heavy atom. The molecule has 1 aliphatic rings. The van der Waals surface area contributed by atoms with Gasteiger partial charge in [-0.1, -0.05) is 55.2 Å². The Bertz CT molecular complexity index is 1140. The number of carboxylic acids is 1. The first-order valence-corrected chi connectivity index (χ1v) is 13.1. The fourth-order valence-corrected chi connectivity index (χ4v) is 5.13. The van der Waals surface area contributed by atoms with Crippen LogP contribution in [0.2, 0.25) is 10.0 Å². The molecule has 1 atom stereocenters. The molecule has 0 radical (unpaired) electrons. The predicted octanol–water partition coefficient (Wildman–Crippen LogP) is 4.79. The third-order valence-corrected chi connectivity index (χ3v) is 7.52. The van der Waals surface area contributed by atoms with Crippen LogP contribution in [0, 0.1) is 5.41 Å². The second kappa shape index (κ2) is 12.4. The summed E-state index contributed by atoms with van der Waals surface area (Å²) in [6, 6.07) is 10.1. The zero-order valence-corrected chi connectivity index (χ0v) is 22.4. The Kier molecular flexibility index (Phi) is 9.56. The molecule has 10 heteroatoms. The summed E-state index contributed by atoms with van der Waals surface area (Å²) in [6.45, 7) is 4.77. The van der Waals surface area contributed by atoms with E-state index in [1.165, 1.54) is 0 Å². The van der Waals surface area contributed by atoms with Gasteiger partial charge >= 0.3 is 5.97 Å². The second-order valence-corrected chi connectivity index (χ2v) is 9.92. The highest BCUT2D eigenvalue weighted by Gasteiger charge is 2.46. The average Bonchev–Trinajstić information content (AvgIpc) is 3.40. The first-order valence-electron chi connectivity index (χ1n) is 12.3. The minimum absolute atomic E-state index is 0.00700. The van der Waals surface area contributed by atoms with E-state index in [-0.39, 0.29) is 40.8 Å². The summed E-state index contributed by atoms with van der Waals surface area (Å²) in [5.74, 6) is -2.48. The molecule has 1 fully saturated rings. The number of nitrogens with one attached hydrogen (secondary N) is 2. The zero-order valence-electron chi connectivity index (χ0n) is 20.9. The van der Waals surface area contributed by atoms with Crippen LogP contribution >= 0.6 is 23.2 Å². The normalized spacial score (nSPS) is 14.2. The number of nitrogens with zero attached hydrogens (tertiary/aromatic N) is 1. The summed E-state index contributed by atoms with van der Waals surface area (Å²) in [6.07, 6.45) is 2.36. The number of carbonyl (C=O) groups is 4. The smallest absolute Gasteiger partial charge is 0.326 e. The molecule has 0 aliphatic carbocycles. The van der Waals surface area contributed by atoms with Crippen molar-refractivity contribution in [3.63, 3.8) is 0 Å². The van der Waals surface area contributed by atoms with Crippen LogP contribution in [0.5, 0.6) is 0 Å². The van der Waals surface area contributed by atoms with Crippen LogP contribution < -0.4 is 10.6 Å². The number of carbonyl (C=O) groups excluding carboxylic acids is 3. The molecule has 0 bridgehead atoms. The fourth-order valence-electron chi connectivity index (χ4n) is 4.56. The first kappa shape index (κ1) is 28.5. The number of aliphatic carboxylic acids is 1. The molecule has 198 valence electrons. The van der Waals surface area contributed by atoms with Crippen LogP contribution in [0.15, 0.2) is 42.5 Å². The molecule has 0 unspecified atom stereocenters. The number of anilines is 1. The van der Waals surface area contributed by atoms with E-state index in [4.69, 9.17) is 23.2 Å². The van der Waals surface area contributed by atoms with Gasteiger partial charge in [-0.25, -0.2) is 4.79 Å². The molecular formula is C27H31Cl2N3O5. The van der Waals surface area contributed by atoms with Crippen LogP contribution in [0.3, 0.4) is 0 Å². The molecule has 1 heterocycles. The first-order chi connectivity index (χ1) is 17.6. The summed E-state index contributed by atoms with van der Waals surface area (Å²) >= 11 is 12.2. The van der Waals surface area contributed by atoms with Crippen molar-refractivity contribution in [2.45, 2.75) is 52.0 Å². The highest BCUT2D eigenvalue weighted by Crippen LogP contribution is 2.31. The highest BCUT2D eigenvalue weighted by molar-refractivity contribution is 6.40. The second-order valence-electron chi connectivity index (χ2n) is 9.10. The van der Waals surface area contributed by atoms with Crippen LogP contribution in [0.4, 0.5) is 5.69 Å². The van der Waals surface area contributed by atoms with Crippen molar-refractivity contribution in [1.29, 1.82) is 0 Å². The van der Waals surface area contributed by atoms with Crippen molar-refractivity contribution in [3.8, 4) is 0 Å². The lowest BCUT2D eigenvalue weighted by Gasteiger charge is -2.34. The van der Waals surface area contributed by atoms with Crippen molar-refractivity contribution in [2.24, 2.45) is 5.41 Å². The molecular weight excluding hydrogens is 517 g/mol. The molecule has 2 aromatic rings. The van der Waals surface area contributed by atoms with E-state index in [1.54, 1.807) is 61.2 Å². The van der Waals surface area contributed by atoms with Gasteiger partial charge in [0.2, 0.25) is 11.8 Å². The molecule has 0 spiro atoms. The Hall–Kier alpha value is -3.10. The lowest BCUT2D eigenvalue weighted by Crippen LogP contribution is -2.55. The summed E-state index contributed by atoms with van der Waals surface area (Å²) in [5, 5.41) is 15.6. The number of likely N-dealkylation sites (tertiary alicyclic amines) is 1. The molecule has 37 heavy (non-hydrogen) atoms. The summed E-state index contributed by atoms with van der Waals surface area (Å²) in [4.78, 5) is 52.8. The van der Waals surface area contributed by atoms with Crippen molar-refractivity contribution in [3.05, 3.63) is 63.6 Å². The lowest BCUT2D eigenvalue weighted by atomic mass is 9.79. The molecule has 3 rings (SSSR count). The maximum absolute atomic E-state index is 13.3. The number of hydrogen-bond acceptors (Lipinski definition) is 4. The van der Waals surface area contributed by atoms with Gasteiger partial charge in [-0.3, -0.25) is 14.4 Å². The molecule has 8 nitrogen and oxygen atoms in total. The van der Waals surface area contributed by atoms with Crippen LogP contribution in [-0.2, 0) is 20.8 Å². The van der Waals surface area contributed by atoms with Gasteiger partial charge in [0.1, 0.15) is 11.5 Å². The average molecular weight is 548 g/mol. The van der Waals surface area contributed by atoms with Crippen LogP contribution in [0.25, 0.3) is 0 Å². The minimum atomic E-state index is -1.30. The van der Waals surface area contributed by atoms with E-state index in [1.807, 2.05) is 0 Å². The zero-order chi connectivity index (χ0) is 27.2. The van der Waals surface area contributed by atoms with Gasteiger partial charge in [0.25, 0.3) is 5.91 Å². The van der Waals surface area contributed by atoms with Crippen molar-refractivity contribution in [2.75, 3.05) is 18.4 Å². The summed E-state index contributed by atoms with van der Waals surface area (Å²) < 4.78 is 0. The fraction of sp³-hybridized carbons (Fsp3) is 0.407. The SMILES string of the molecule is CCC(CC)(C(=O)N[C@@H](Cc1ccc(NC(=O)c2c(Cl)cccc2Cl)cc1)C(=O)O)C(=O)N1CCCC1. The van der Waals surface area contributed by atoms with Crippen molar-refractivity contribution >= 4 is 52.6 Å². The van der Waals surface area contributed by atoms with E-state index >= 15 is 0 Å². The lowest BCUT2D eigenvalue weighted by molar-refractivity contribution is -0.153. The van der Waals surface area contributed by atoms with E-state index in [0.717, 1.165) is 12.8 Å². The molecule has 0 saturated carbocycles. The number of hydrogen-bond donors (Lipinski definition) is 3. The van der Waals surface area contributed by atoms with Crippen LogP contribution in [-0.4, -0.2) is 52.8 Å². The summed E-state index contributed by atoms with van der Waals surface area (Å²) in [5.41, 5.74) is -0.0484. The topological polar surface area (TPSA) is 116 Å². The van der Waals surface area contributed by atoms with E-state index in [2.05, 4.69) is 10.6 Å². The van der Waals surface area contributed by atoms with Gasteiger partial charge in [0, 0.05) is 25.2 Å². The third-order valence-electron chi connectivity index (χ3n) is 6.89. The Morgan fingerprint density at radius 3 is 2.05 bits per heavy atom. The van der Waals surface area contributed by atoms with E-state index < -0.39 is 29.2 Å². The Morgan fingerprint density at radius 1 is 0.973 bits per heavy atom. The molecule has 1 aliphatic heterocycles. The number of rotatable bonds is 10. The Labute approximate surface area is 226 Å². The number of carboxylic acid groups (broad SMARTS) is 1. The largest absolute Gasteiger partial charge is 0.480 e. The van der Waals surface area contributed by atoms with Crippen molar-refractivity contribution < 1.29 is 24.3 Å². The molecule has 3 N–H and O–H groups in total. The quantitative estimate of drug-likeness (QED) is 0.370. The maximum Gasteiger partial charge on any atom is 0.326 e. The van der Waals surface area contributed by atoms with Gasteiger partial charge < -0.3 is 20.6 Å². The molecule has 1 saturated heterocycles. The number of benzene rings is 2. The van der Waals surface area contributed by atoms with E-state index in [9.17, 15) is 24.3 Å². The monoisotopic (exact) mass is 547 g/mol. The van der Waals surface area contributed by atoms with Gasteiger partial charge in [0.15, 0.2) is 0 Å². The molecule has 3 amide bonds. The van der Waals surface area contributed by atoms with Crippen molar-refractivity contribution in [1.82, 2.24) is 10.2 Å². The van der Waals surface area contributed by atoms with Gasteiger partial charge in [0.05, 0.1) is 15.6 Å². The maximum atomic E-state index is 13.3. The number of halogens is 2. The van der Waals surface area contributed by atoms with Gasteiger partial charge in [-0.05, 0) is 55.5 Å². The molecule has 0 aromatic heterocycles. The van der Waals surface area contributed by atoms with Gasteiger partial charge in [-0.2, -0.15) is 0 Å². The minimum Gasteiger partial charge on any atom is -0.480 e.